The van der Waals surface area contributed by atoms with Gasteiger partial charge in [0.1, 0.15) is 0 Å². The molecule has 1 nitrogen and oxygen atoms in total. The van der Waals surface area contributed by atoms with Gasteiger partial charge in [-0.05, 0) is 48.3 Å². The summed E-state index contributed by atoms with van der Waals surface area (Å²) in [5.74, 6) is 0. The van der Waals surface area contributed by atoms with Crippen LogP contribution in [-0.2, 0) is 0 Å². The molecule has 0 fully saturated rings. The van der Waals surface area contributed by atoms with Crippen molar-refractivity contribution in [2.75, 3.05) is 0 Å². The lowest BCUT2D eigenvalue weighted by atomic mass is 10.1. The van der Waals surface area contributed by atoms with Crippen LogP contribution in [0.5, 0.6) is 0 Å². The van der Waals surface area contributed by atoms with Gasteiger partial charge in [0.15, 0.2) is 0 Å². The molecule has 0 aromatic rings. The lowest BCUT2D eigenvalue weighted by molar-refractivity contribution is 0.693. The van der Waals surface area contributed by atoms with Gasteiger partial charge in [-0.25, -0.2) is 0 Å². The van der Waals surface area contributed by atoms with Crippen LogP contribution in [0.2, 0.25) is 0 Å². The van der Waals surface area contributed by atoms with Crippen molar-refractivity contribution in [1.29, 1.82) is 0 Å². The first kappa shape index (κ1) is 6.39. The number of halogens is 1. The van der Waals surface area contributed by atoms with Crippen LogP contribution in [0, 0.1) is 0 Å². The molecule has 0 heterocycles. The van der Waals surface area contributed by atoms with Crippen molar-refractivity contribution in [2.45, 2.75) is 25.7 Å². The summed E-state index contributed by atoms with van der Waals surface area (Å²) in [6.45, 7) is 0. The highest BCUT2D eigenvalue weighted by atomic mass is 127. The first-order chi connectivity index (χ1) is 3.80. The molecular formula is C6H10IN. The summed E-state index contributed by atoms with van der Waals surface area (Å²) >= 11 is 2.34. The Hall–Kier alpha value is 0.270. The molecule has 2 heteroatoms. The number of hydrogen-bond donors (Lipinski definition) is 1. The van der Waals surface area contributed by atoms with Crippen LogP contribution in [0.15, 0.2) is 9.28 Å². The molecular weight excluding hydrogens is 213 g/mol. The molecule has 0 unspecified atom stereocenters. The zero-order valence-electron chi connectivity index (χ0n) is 4.78. The summed E-state index contributed by atoms with van der Waals surface area (Å²) in [4.78, 5) is 0. The molecule has 0 bridgehead atoms. The van der Waals surface area contributed by atoms with E-state index in [4.69, 9.17) is 5.73 Å². The Labute approximate surface area is 63.5 Å². The van der Waals surface area contributed by atoms with Gasteiger partial charge < -0.3 is 5.73 Å². The molecule has 0 aliphatic heterocycles. The second-order valence-corrected chi connectivity index (χ2v) is 3.44. The van der Waals surface area contributed by atoms with Crippen molar-refractivity contribution in [3.05, 3.63) is 9.28 Å². The van der Waals surface area contributed by atoms with Crippen LogP contribution in [0.3, 0.4) is 0 Å². The first-order valence-corrected chi connectivity index (χ1v) is 4.01. The molecule has 46 valence electrons. The van der Waals surface area contributed by atoms with E-state index in [0.717, 1.165) is 12.1 Å². The highest BCUT2D eigenvalue weighted by Crippen LogP contribution is 2.25. The lowest BCUT2D eigenvalue weighted by Gasteiger charge is -2.10. The monoisotopic (exact) mass is 223 g/mol. The zero-order chi connectivity index (χ0) is 5.98. The first-order valence-electron chi connectivity index (χ1n) is 2.93. The number of allylic oxidation sites excluding steroid dienone is 2. The highest BCUT2D eigenvalue weighted by Gasteiger charge is 2.05. The minimum atomic E-state index is 1.12. The fourth-order valence-corrected chi connectivity index (χ4v) is 1.54. The van der Waals surface area contributed by atoms with Gasteiger partial charge in [-0.2, -0.15) is 0 Å². The van der Waals surface area contributed by atoms with Crippen molar-refractivity contribution >= 4 is 22.6 Å². The predicted octanol–water partition coefficient (Wildman–Crippen LogP) is 2.17. The second kappa shape index (κ2) is 2.71. The van der Waals surface area contributed by atoms with Gasteiger partial charge in [0, 0.05) is 9.28 Å². The van der Waals surface area contributed by atoms with E-state index in [1.807, 2.05) is 0 Å². The molecule has 0 aromatic heterocycles. The number of nitrogens with two attached hydrogens (primary N) is 1. The van der Waals surface area contributed by atoms with Crippen LogP contribution in [0.25, 0.3) is 0 Å². The molecule has 0 aromatic carbocycles. The van der Waals surface area contributed by atoms with Gasteiger partial charge in [-0.3, -0.25) is 0 Å². The van der Waals surface area contributed by atoms with Crippen LogP contribution < -0.4 is 5.73 Å². The Bertz CT molecular complexity index is 104. The van der Waals surface area contributed by atoms with Gasteiger partial charge in [0.2, 0.25) is 0 Å². The third-order valence-electron chi connectivity index (χ3n) is 1.44. The Balaban J connectivity index is 2.60. The topological polar surface area (TPSA) is 26.0 Å². The molecule has 1 aliphatic rings. The van der Waals surface area contributed by atoms with Crippen LogP contribution >= 0.6 is 22.6 Å². The van der Waals surface area contributed by atoms with Crippen molar-refractivity contribution in [3.63, 3.8) is 0 Å². The van der Waals surface area contributed by atoms with E-state index >= 15 is 0 Å². The van der Waals surface area contributed by atoms with E-state index in [1.165, 1.54) is 22.8 Å². The fraction of sp³-hybridized carbons (Fsp3) is 0.667. The largest absolute Gasteiger partial charge is 0.401 e. The predicted molar refractivity (Wildman–Crippen MR) is 43.7 cm³/mol. The summed E-state index contributed by atoms with van der Waals surface area (Å²) in [6, 6.07) is 0. The zero-order valence-corrected chi connectivity index (χ0v) is 6.94. The molecule has 1 rings (SSSR count). The smallest absolute Gasteiger partial charge is 0.0175 e. The molecule has 0 saturated heterocycles. The minimum absolute atomic E-state index is 1.12. The SMILES string of the molecule is NC1=C(I)CCCC1. The third kappa shape index (κ3) is 1.37. The van der Waals surface area contributed by atoms with Crippen molar-refractivity contribution < 1.29 is 0 Å². The Morgan fingerprint density at radius 2 is 1.88 bits per heavy atom. The molecule has 0 radical (unpaired) electrons. The number of rotatable bonds is 0. The average Bonchev–Trinajstić information content (AvgIpc) is 1.77. The lowest BCUT2D eigenvalue weighted by Crippen LogP contribution is -2.03. The van der Waals surface area contributed by atoms with Gasteiger partial charge in [-0.1, -0.05) is 0 Å². The van der Waals surface area contributed by atoms with E-state index in [0.29, 0.717) is 0 Å². The van der Waals surface area contributed by atoms with Crippen molar-refractivity contribution in [1.82, 2.24) is 0 Å². The van der Waals surface area contributed by atoms with Gasteiger partial charge in [0.25, 0.3) is 0 Å². The molecule has 2 N–H and O–H groups in total. The van der Waals surface area contributed by atoms with E-state index < -0.39 is 0 Å². The Morgan fingerprint density at radius 3 is 2.25 bits per heavy atom. The minimum Gasteiger partial charge on any atom is -0.401 e. The maximum Gasteiger partial charge on any atom is 0.0175 e. The van der Waals surface area contributed by atoms with Crippen LogP contribution in [0.4, 0.5) is 0 Å². The molecule has 1 aliphatic carbocycles. The molecule has 0 saturated carbocycles. The quantitative estimate of drug-likeness (QED) is 0.625. The third-order valence-corrected chi connectivity index (χ3v) is 2.67. The summed E-state index contributed by atoms with van der Waals surface area (Å²) < 4.78 is 1.38. The maximum atomic E-state index is 5.65. The van der Waals surface area contributed by atoms with E-state index in [1.54, 1.807) is 0 Å². The average molecular weight is 223 g/mol. The summed E-state index contributed by atoms with van der Waals surface area (Å²) in [5, 5.41) is 0. The van der Waals surface area contributed by atoms with Crippen LogP contribution in [-0.4, -0.2) is 0 Å². The summed E-state index contributed by atoms with van der Waals surface area (Å²) in [7, 11) is 0. The number of hydrogen-bond acceptors (Lipinski definition) is 1. The molecule has 0 amide bonds. The van der Waals surface area contributed by atoms with Crippen molar-refractivity contribution in [3.8, 4) is 0 Å². The fourth-order valence-electron chi connectivity index (χ4n) is 0.892. The maximum absolute atomic E-state index is 5.65. The van der Waals surface area contributed by atoms with Crippen LogP contribution in [0.1, 0.15) is 25.7 Å². The summed E-state index contributed by atoms with van der Waals surface area (Å²) in [6.07, 6.45) is 4.96. The molecule has 8 heavy (non-hydrogen) atoms. The Kier molecular flexibility index (Phi) is 2.16. The van der Waals surface area contributed by atoms with Gasteiger partial charge >= 0.3 is 0 Å². The van der Waals surface area contributed by atoms with Gasteiger partial charge in [0.05, 0.1) is 0 Å². The van der Waals surface area contributed by atoms with Crippen molar-refractivity contribution in [2.24, 2.45) is 5.73 Å². The normalized spacial score (nSPS) is 21.6. The van der Waals surface area contributed by atoms with E-state index in [9.17, 15) is 0 Å². The standard InChI is InChI=1S/C6H10IN/c7-5-3-1-2-4-6(5)8/h1-4,8H2. The second-order valence-electron chi connectivity index (χ2n) is 2.14. The Morgan fingerprint density at radius 1 is 1.25 bits per heavy atom. The molecule has 0 atom stereocenters. The van der Waals surface area contributed by atoms with E-state index in [-0.39, 0.29) is 0 Å². The summed E-state index contributed by atoms with van der Waals surface area (Å²) in [5.41, 5.74) is 6.77. The molecule has 0 spiro atoms. The van der Waals surface area contributed by atoms with Gasteiger partial charge in [-0.15, -0.1) is 0 Å². The van der Waals surface area contributed by atoms with E-state index in [2.05, 4.69) is 22.6 Å². The highest BCUT2D eigenvalue weighted by molar-refractivity contribution is 14.1.